The predicted molar refractivity (Wildman–Crippen MR) is 113 cm³/mol. The molecule has 1 aliphatic heterocycles. The van der Waals surface area contributed by atoms with E-state index < -0.39 is 0 Å². The lowest BCUT2D eigenvalue weighted by molar-refractivity contribution is -0.117. The largest absolute Gasteiger partial charge is 0.326 e. The van der Waals surface area contributed by atoms with E-state index in [0.29, 0.717) is 35.9 Å². The molecule has 2 aromatic rings. The molecule has 2 amide bonds. The molecule has 0 spiro atoms. The molecule has 6 nitrogen and oxygen atoms in total. The van der Waals surface area contributed by atoms with E-state index in [9.17, 15) is 14.0 Å². The summed E-state index contributed by atoms with van der Waals surface area (Å²) in [7, 11) is 0. The molecule has 1 saturated heterocycles. The Morgan fingerprint density at radius 1 is 0.931 bits per heavy atom. The van der Waals surface area contributed by atoms with Crippen LogP contribution in [0.3, 0.4) is 0 Å². The maximum Gasteiger partial charge on any atom is 0.238 e. The highest BCUT2D eigenvalue weighted by molar-refractivity contribution is 6.33. The Bertz CT molecular complexity index is 856. The second-order valence-corrected chi connectivity index (χ2v) is 7.36. The number of piperazine rings is 1. The summed E-state index contributed by atoms with van der Waals surface area (Å²) in [5.41, 5.74) is 1.08. The Hall–Kier alpha value is -2.48. The van der Waals surface area contributed by atoms with Crippen LogP contribution in [0.5, 0.6) is 0 Å². The van der Waals surface area contributed by atoms with Gasteiger partial charge in [-0.15, -0.1) is 0 Å². The molecular weight excluding hydrogens is 395 g/mol. The van der Waals surface area contributed by atoms with Crippen LogP contribution >= 0.6 is 11.6 Å². The maximum absolute atomic E-state index is 13.2. The van der Waals surface area contributed by atoms with Crippen LogP contribution in [0.4, 0.5) is 15.8 Å². The zero-order chi connectivity index (χ0) is 20.6. The molecule has 2 N–H and O–H groups in total. The average molecular weight is 419 g/mol. The topological polar surface area (TPSA) is 64.7 Å². The highest BCUT2D eigenvalue weighted by Crippen LogP contribution is 2.20. The normalized spacial score (nSPS) is 15.1. The van der Waals surface area contributed by atoms with Gasteiger partial charge in [-0.1, -0.05) is 29.8 Å². The van der Waals surface area contributed by atoms with Crippen LogP contribution in [-0.2, 0) is 9.59 Å². The quantitative estimate of drug-likeness (QED) is 0.725. The third-order valence-electron chi connectivity index (χ3n) is 4.74. The summed E-state index contributed by atoms with van der Waals surface area (Å²) in [4.78, 5) is 28.5. The lowest BCUT2D eigenvalue weighted by Crippen LogP contribution is -2.49. The minimum Gasteiger partial charge on any atom is -0.326 e. The third kappa shape index (κ3) is 6.81. The molecule has 1 heterocycles. The van der Waals surface area contributed by atoms with Crippen molar-refractivity contribution in [3.05, 3.63) is 59.4 Å². The molecular formula is C21H24ClFN4O2. The molecule has 0 aromatic heterocycles. The molecule has 3 rings (SSSR count). The molecule has 0 saturated carbocycles. The molecule has 154 valence electrons. The Balaban J connectivity index is 1.35. The van der Waals surface area contributed by atoms with Gasteiger partial charge >= 0.3 is 0 Å². The molecule has 0 atom stereocenters. The van der Waals surface area contributed by atoms with Crippen LogP contribution in [0.15, 0.2) is 48.5 Å². The van der Waals surface area contributed by atoms with Crippen molar-refractivity contribution in [3.63, 3.8) is 0 Å². The highest BCUT2D eigenvalue weighted by atomic mass is 35.5. The molecule has 0 aliphatic carbocycles. The smallest absolute Gasteiger partial charge is 0.238 e. The van der Waals surface area contributed by atoms with Gasteiger partial charge in [0.15, 0.2) is 0 Å². The van der Waals surface area contributed by atoms with Crippen molar-refractivity contribution in [3.8, 4) is 0 Å². The van der Waals surface area contributed by atoms with Gasteiger partial charge in [-0.3, -0.25) is 14.5 Å². The Morgan fingerprint density at radius 3 is 2.38 bits per heavy atom. The van der Waals surface area contributed by atoms with Gasteiger partial charge in [0.05, 0.1) is 17.3 Å². The number of halogens is 2. The van der Waals surface area contributed by atoms with Crippen molar-refractivity contribution in [1.82, 2.24) is 9.80 Å². The van der Waals surface area contributed by atoms with Crippen molar-refractivity contribution in [1.29, 1.82) is 0 Å². The minimum atomic E-state index is -0.377. The van der Waals surface area contributed by atoms with Crippen LogP contribution < -0.4 is 10.6 Å². The number of carbonyl (C=O) groups excluding carboxylic acids is 2. The third-order valence-corrected chi connectivity index (χ3v) is 5.07. The highest BCUT2D eigenvalue weighted by Gasteiger charge is 2.19. The zero-order valence-electron chi connectivity index (χ0n) is 16.0. The molecule has 0 bridgehead atoms. The van der Waals surface area contributed by atoms with E-state index in [2.05, 4.69) is 20.4 Å². The maximum atomic E-state index is 13.2. The molecule has 29 heavy (non-hydrogen) atoms. The van der Waals surface area contributed by atoms with Gasteiger partial charge in [0.1, 0.15) is 5.82 Å². The zero-order valence-corrected chi connectivity index (χ0v) is 16.8. The van der Waals surface area contributed by atoms with Gasteiger partial charge < -0.3 is 15.5 Å². The van der Waals surface area contributed by atoms with E-state index in [1.165, 1.54) is 12.1 Å². The van der Waals surface area contributed by atoms with Gasteiger partial charge in [-0.05, 0) is 30.3 Å². The first-order chi connectivity index (χ1) is 14.0. The van der Waals surface area contributed by atoms with E-state index in [-0.39, 0.29) is 17.6 Å². The van der Waals surface area contributed by atoms with Gasteiger partial charge in [-0.25, -0.2) is 4.39 Å². The summed E-state index contributed by atoms with van der Waals surface area (Å²) in [5, 5.41) is 6.05. The van der Waals surface area contributed by atoms with Crippen LogP contribution in [0.2, 0.25) is 5.02 Å². The van der Waals surface area contributed by atoms with Gasteiger partial charge in [0.2, 0.25) is 11.8 Å². The predicted octanol–water partition coefficient (Wildman–Crippen LogP) is 3.06. The first-order valence-electron chi connectivity index (χ1n) is 9.54. The molecule has 1 fully saturated rings. The van der Waals surface area contributed by atoms with Gasteiger partial charge in [0, 0.05) is 44.8 Å². The molecule has 1 aliphatic rings. The number of nitrogens with one attached hydrogen (secondary N) is 2. The number of anilines is 2. The number of carbonyl (C=O) groups is 2. The van der Waals surface area contributed by atoms with Crippen molar-refractivity contribution in [2.75, 3.05) is 49.9 Å². The summed E-state index contributed by atoms with van der Waals surface area (Å²) in [5.74, 6) is -0.615. The fraction of sp³-hybridized carbons (Fsp3) is 0.333. The lowest BCUT2D eigenvalue weighted by Gasteiger charge is -2.34. The Morgan fingerprint density at radius 2 is 1.66 bits per heavy atom. The average Bonchev–Trinajstić information content (AvgIpc) is 2.69. The lowest BCUT2D eigenvalue weighted by atomic mass is 10.2. The van der Waals surface area contributed by atoms with Crippen molar-refractivity contribution in [2.24, 2.45) is 0 Å². The van der Waals surface area contributed by atoms with E-state index in [0.717, 1.165) is 26.2 Å². The van der Waals surface area contributed by atoms with Crippen LogP contribution in [0, 0.1) is 5.82 Å². The fourth-order valence-corrected chi connectivity index (χ4v) is 3.36. The monoisotopic (exact) mass is 418 g/mol. The number of nitrogens with zero attached hydrogens (tertiary/aromatic N) is 2. The van der Waals surface area contributed by atoms with Crippen LogP contribution in [-0.4, -0.2) is 60.9 Å². The first kappa shape index (κ1) is 21.2. The van der Waals surface area contributed by atoms with E-state index in [4.69, 9.17) is 11.6 Å². The van der Waals surface area contributed by atoms with Gasteiger partial charge in [-0.2, -0.15) is 0 Å². The van der Waals surface area contributed by atoms with Crippen molar-refractivity contribution >= 4 is 34.8 Å². The summed E-state index contributed by atoms with van der Waals surface area (Å²) < 4.78 is 13.2. The number of hydrogen-bond donors (Lipinski definition) is 2. The first-order valence-corrected chi connectivity index (χ1v) is 9.92. The van der Waals surface area contributed by atoms with Gasteiger partial charge in [0.25, 0.3) is 0 Å². The molecule has 0 radical (unpaired) electrons. The van der Waals surface area contributed by atoms with Crippen molar-refractivity contribution < 1.29 is 14.0 Å². The second-order valence-electron chi connectivity index (χ2n) is 6.95. The van der Waals surface area contributed by atoms with Crippen LogP contribution in [0.25, 0.3) is 0 Å². The van der Waals surface area contributed by atoms with E-state index >= 15 is 0 Å². The summed E-state index contributed by atoms with van der Waals surface area (Å²) in [6, 6.07) is 13.0. The number of rotatable bonds is 7. The number of para-hydroxylation sites is 1. The fourth-order valence-electron chi connectivity index (χ4n) is 3.18. The SMILES string of the molecule is O=C(CCN1CCN(CC(=O)Nc2ccccc2Cl)CC1)Nc1cccc(F)c1. The molecule has 8 heteroatoms. The number of hydrogen-bond acceptors (Lipinski definition) is 4. The summed E-state index contributed by atoms with van der Waals surface area (Å²) in [6.45, 7) is 4.00. The molecule has 0 unspecified atom stereocenters. The number of benzene rings is 2. The summed E-state index contributed by atoms with van der Waals surface area (Å²) >= 11 is 6.06. The van der Waals surface area contributed by atoms with Crippen LogP contribution in [0.1, 0.15) is 6.42 Å². The van der Waals surface area contributed by atoms with E-state index in [1.807, 2.05) is 12.1 Å². The van der Waals surface area contributed by atoms with Crippen molar-refractivity contribution in [2.45, 2.75) is 6.42 Å². The minimum absolute atomic E-state index is 0.0963. The number of amides is 2. The Labute approximate surface area is 174 Å². The van der Waals surface area contributed by atoms with E-state index in [1.54, 1.807) is 24.3 Å². The second kappa shape index (κ2) is 10.3. The standard InChI is InChI=1S/C21H24ClFN4O2/c22-18-6-1-2-7-19(18)25-21(29)15-27-12-10-26(11-13-27)9-8-20(28)24-17-5-3-4-16(23)14-17/h1-7,14H,8-13,15H2,(H,24,28)(H,25,29). The molecule has 2 aromatic carbocycles. The Kier molecular flexibility index (Phi) is 7.57. The summed E-state index contributed by atoms with van der Waals surface area (Å²) in [6.07, 6.45) is 0.337.